The van der Waals surface area contributed by atoms with Crippen molar-refractivity contribution in [2.24, 2.45) is 0 Å². The highest BCUT2D eigenvalue weighted by atomic mass is 16.5. The molecular formula is C31H34N6O2. The number of fused-ring (bicyclic) bond motifs is 1. The van der Waals surface area contributed by atoms with Crippen molar-refractivity contribution in [2.45, 2.75) is 52.4 Å². The van der Waals surface area contributed by atoms with Gasteiger partial charge in [0.1, 0.15) is 5.75 Å². The minimum absolute atomic E-state index is 0.0881. The highest BCUT2D eigenvalue weighted by molar-refractivity contribution is 5.79. The van der Waals surface area contributed by atoms with E-state index in [0.29, 0.717) is 25.2 Å². The summed E-state index contributed by atoms with van der Waals surface area (Å²) in [6, 6.07) is 26.3. The van der Waals surface area contributed by atoms with E-state index >= 15 is 0 Å². The van der Waals surface area contributed by atoms with E-state index in [9.17, 15) is 4.79 Å². The maximum Gasteiger partial charge on any atom is 0.252 e. The molecule has 5 aromatic rings. The fraction of sp³-hybridized carbons (Fsp3) is 0.290. The van der Waals surface area contributed by atoms with Gasteiger partial charge in [-0.2, -0.15) is 0 Å². The standard InChI is InChI=1S/C31H34N6O2/c1-4-28(30-33-34-35-37(30)17-16-23-10-6-5-7-11-23)36(20-24-12-8-9-13-29(24)39-3)21-26-19-25-18-22(2)14-15-27(25)32-31(26)38/h5-15,18-19,28H,4,16-17,20-21H2,1-3H3,(H,32,38). The molecular weight excluding hydrogens is 488 g/mol. The topological polar surface area (TPSA) is 88.9 Å². The van der Waals surface area contributed by atoms with E-state index in [1.165, 1.54) is 5.56 Å². The van der Waals surface area contributed by atoms with Gasteiger partial charge in [0, 0.05) is 36.3 Å². The number of aryl methyl sites for hydroxylation is 3. The third-order valence-corrected chi connectivity index (χ3v) is 7.16. The van der Waals surface area contributed by atoms with Gasteiger partial charge in [-0.3, -0.25) is 9.69 Å². The molecule has 5 rings (SSSR count). The average molecular weight is 523 g/mol. The Morgan fingerprint density at radius 1 is 0.974 bits per heavy atom. The number of tetrazole rings is 1. The molecule has 0 radical (unpaired) electrons. The van der Waals surface area contributed by atoms with Crippen molar-refractivity contribution in [3.8, 4) is 5.75 Å². The summed E-state index contributed by atoms with van der Waals surface area (Å²) in [6.45, 7) is 5.85. The van der Waals surface area contributed by atoms with Gasteiger partial charge in [0.25, 0.3) is 5.56 Å². The lowest BCUT2D eigenvalue weighted by atomic mass is 10.1. The fourth-order valence-electron chi connectivity index (χ4n) is 5.13. The summed E-state index contributed by atoms with van der Waals surface area (Å²) in [6.07, 6.45) is 1.59. The molecule has 0 saturated heterocycles. The molecule has 1 atom stereocenters. The molecule has 2 heterocycles. The van der Waals surface area contributed by atoms with Gasteiger partial charge in [0.2, 0.25) is 0 Å². The number of methoxy groups -OCH3 is 1. The van der Waals surface area contributed by atoms with Crippen LogP contribution in [0.2, 0.25) is 0 Å². The van der Waals surface area contributed by atoms with Crippen LogP contribution in [0.5, 0.6) is 5.75 Å². The Kier molecular flexibility index (Phi) is 8.13. The number of hydrogen-bond acceptors (Lipinski definition) is 6. The fourth-order valence-corrected chi connectivity index (χ4v) is 5.13. The summed E-state index contributed by atoms with van der Waals surface area (Å²) in [4.78, 5) is 18.5. The second-order valence-corrected chi connectivity index (χ2v) is 9.85. The first-order valence-corrected chi connectivity index (χ1v) is 13.3. The number of H-pyrrole nitrogens is 1. The van der Waals surface area contributed by atoms with Crippen molar-refractivity contribution in [3.05, 3.63) is 117 Å². The first-order valence-electron chi connectivity index (χ1n) is 13.3. The molecule has 8 heteroatoms. The zero-order chi connectivity index (χ0) is 27.2. The Bertz CT molecular complexity index is 1590. The molecule has 0 aliphatic heterocycles. The zero-order valence-electron chi connectivity index (χ0n) is 22.7. The van der Waals surface area contributed by atoms with Crippen molar-refractivity contribution in [3.63, 3.8) is 0 Å². The predicted molar refractivity (Wildman–Crippen MR) is 153 cm³/mol. The van der Waals surface area contributed by atoms with Crippen molar-refractivity contribution >= 4 is 10.9 Å². The van der Waals surface area contributed by atoms with Crippen molar-refractivity contribution in [2.75, 3.05) is 7.11 Å². The van der Waals surface area contributed by atoms with Crippen LogP contribution in [0.1, 0.15) is 47.5 Å². The van der Waals surface area contributed by atoms with E-state index in [1.54, 1.807) is 7.11 Å². The van der Waals surface area contributed by atoms with E-state index < -0.39 is 0 Å². The highest BCUT2D eigenvalue weighted by Gasteiger charge is 2.27. The molecule has 3 aromatic carbocycles. The van der Waals surface area contributed by atoms with Gasteiger partial charge < -0.3 is 9.72 Å². The van der Waals surface area contributed by atoms with Crippen molar-refractivity contribution < 1.29 is 4.74 Å². The van der Waals surface area contributed by atoms with Crippen LogP contribution in [-0.2, 0) is 26.1 Å². The quantitative estimate of drug-likeness (QED) is 0.256. The summed E-state index contributed by atoms with van der Waals surface area (Å²) < 4.78 is 7.56. The van der Waals surface area contributed by atoms with Gasteiger partial charge in [0.15, 0.2) is 5.82 Å². The summed E-state index contributed by atoms with van der Waals surface area (Å²) in [5, 5.41) is 13.9. The van der Waals surface area contributed by atoms with Crippen LogP contribution in [0, 0.1) is 6.92 Å². The number of aromatic amines is 1. The molecule has 39 heavy (non-hydrogen) atoms. The largest absolute Gasteiger partial charge is 0.496 e. The molecule has 0 amide bonds. The van der Waals surface area contributed by atoms with E-state index in [2.05, 4.69) is 63.5 Å². The molecule has 0 aliphatic carbocycles. The molecule has 0 spiro atoms. The van der Waals surface area contributed by atoms with Crippen LogP contribution in [-0.4, -0.2) is 37.2 Å². The zero-order valence-corrected chi connectivity index (χ0v) is 22.7. The minimum Gasteiger partial charge on any atom is -0.496 e. The summed E-state index contributed by atoms with van der Waals surface area (Å²) in [7, 11) is 1.68. The first kappa shape index (κ1) is 26.3. The molecule has 8 nitrogen and oxygen atoms in total. The molecule has 2 aromatic heterocycles. The second-order valence-electron chi connectivity index (χ2n) is 9.85. The SMILES string of the molecule is CCC(c1nnnn1CCc1ccccc1)N(Cc1ccccc1OC)Cc1cc2cc(C)ccc2[nH]c1=O. The lowest BCUT2D eigenvalue weighted by molar-refractivity contribution is 0.159. The number of ether oxygens (including phenoxy) is 1. The lowest BCUT2D eigenvalue weighted by Crippen LogP contribution is -2.32. The van der Waals surface area contributed by atoms with Crippen LogP contribution >= 0.6 is 0 Å². The van der Waals surface area contributed by atoms with Gasteiger partial charge in [0.05, 0.1) is 13.2 Å². The Hall–Kier alpha value is -4.30. The molecule has 200 valence electrons. The smallest absolute Gasteiger partial charge is 0.252 e. The third-order valence-electron chi connectivity index (χ3n) is 7.16. The Morgan fingerprint density at radius 2 is 1.74 bits per heavy atom. The van der Waals surface area contributed by atoms with E-state index in [-0.39, 0.29) is 11.6 Å². The maximum atomic E-state index is 13.2. The Labute approximate surface area is 228 Å². The molecule has 0 saturated carbocycles. The summed E-state index contributed by atoms with van der Waals surface area (Å²) >= 11 is 0. The number of aromatic nitrogens is 5. The predicted octanol–water partition coefficient (Wildman–Crippen LogP) is 5.23. The molecule has 1 unspecified atom stereocenters. The second kappa shape index (κ2) is 12.0. The van der Waals surface area contributed by atoms with E-state index in [0.717, 1.165) is 46.4 Å². The van der Waals surface area contributed by atoms with E-state index in [1.807, 2.05) is 59.3 Å². The third kappa shape index (κ3) is 6.07. The summed E-state index contributed by atoms with van der Waals surface area (Å²) in [5.41, 5.74) is 4.86. The normalized spacial score (nSPS) is 12.2. The lowest BCUT2D eigenvalue weighted by Gasteiger charge is -2.30. The van der Waals surface area contributed by atoms with Gasteiger partial charge in [-0.05, 0) is 65.4 Å². The molecule has 1 N–H and O–H groups in total. The maximum absolute atomic E-state index is 13.2. The van der Waals surface area contributed by atoms with Gasteiger partial charge in [-0.25, -0.2) is 4.68 Å². The highest BCUT2D eigenvalue weighted by Crippen LogP contribution is 2.29. The van der Waals surface area contributed by atoms with E-state index in [4.69, 9.17) is 4.74 Å². The van der Waals surface area contributed by atoms with Crippen molar-refractivity contribution in [1.29, 1.82) is 0 Å². The van der Waals surface area contributed by atoms with Gasteiger partial charge >= 0.3 is 0 Å². The number of benzene rings is 3. The van der Waals surface area contributed by atoms with Crippen LogP contribution in [0.3, 0.4) is 0 Å². The number of para-hydroxylation sites is 1. The van der Waals surface area contributed by atoms with Gasteiger partial charge in [-0.15, -0.1) is 5.10 Å². The van der Waals surface area contributed by atoms with Crippen LogP contribution < -0.4 is 10.3 Å². The number of hydrogen-bond donors (Lipinski definition) is 1. The molecule has 0 fully saturated rings. The van der Waals surface area contributed by atoms with Crippen LogP contribution in [0.4, 0.5) is 0 Å². The van der Waals surface area contributed by atoms with Crippen molar-refractivity contribution in [1.82, 2.24) is 30.1 Å². The Morgan fingerprint density at radius 3 is 2.54 bits per heavy atom. The average Bonchev–Trinajstić information content (AvgIpc) is 3.42. The van der Waals surface area contributed by atoms with Crippen LogP contribution in [0.15, 0.2) is 83.7 Å². The van der Waals surface area contributed by atoms with Crippen LogP contribution in [0.25, 0.3) is 10.9 Å². The van der Waals surface area contributed by atoms with Gasteiger partial charge in [-0.1, -0.05) is 67.1 Å². The minimum atomic E-state index is -0.117. The summed E-state index contributed by atoms with van der Waals surface area (Å²) in [5.74, 6) is 1.60. The first-order chi connectivity index (χ1) is 19.1. The Balaban J connectivity index is 1.51. The number of nitrogens with zero attached hydrogens (tertiary/aromatic N) is 5. The molecule has 0 aliphatic rings. The molecule has 0 bridgehead atoms. The number of pyridine rings is 1. The number of nitrogens with one attached hydrogen (secondary N) is 1. The monoisotopic (exact) mass is 522 g/mol. The number of rotatable bonds is 11.